The van der Waals surface area contributed by atoms with Crippen LogP contribution in [0.3, 0.4) is 0 Å². The molecule has 3 aromatic rings. The van der Waals surface area contributed by atoms with Crippen LogP contribution in [-0.2, 0) is 42.0 Å². The van der Waals surface area contributed by atoms with Crippen molar-refractivity contribution in [1.29, 1.82) is 2.86 Å². The lowest BCUT2D eigenvalue weighted by atomic mass is 10.0. The fraction of sp³-hybridized carbons (Fsp3) is 0.708. The van der Waals surface area contributed by atoms with Crippen molar-refractivity contribution in [1.82, 2.24) is 48.2 Å². The zero-order chi connectivity index (χ0) is 61.0. The molecule has 0 saturated carbocycles. The molecule has 29 heteroatoms. The van der Waals surface area contributed by atoms with Gasteiger partial charge in [0.25, 0.3) is 40.0 Å². The topological polar surface area (TPSA) is 299 Å². The molecule has 77 heavy (non-hydrogen) atoms. The minimum atomic E-state index is -1.75. The fourth-order valence-corrected chi connectivity index (χ4v) is 12.8. The molecule has 7 rings (SSSR count). The van der Waals surface area contributed by atoms with Crippen LogP contribution in [0.1, 0.15) is 104 Å². The summed E-state index contributed by atoms with van der Waals surface area (Å²) < 4.78 is 72.5. The lowest BCUT2D eigenvalue weighted by Gasteiger charge is -2.37. The molecular weight excluding hydrogens is 1040 g/mol. The summed E-state index contributed by atoms with van der Waals surface area (Å²) in [4.78, 5) is 99.2. The number of aliphatic hydroxyl groups is 2. The van der Waals surface area contributed by atoms with Gasteiger partial charge in [-0.3, -0.25) is 48.4 Å². The molecule has 0 aromatic carbocycles. The van der Waals surface area contributed by atoms with Crippen LogP contribution in [-0.4, -0.2) is 193 Å². The molecule has 3 aromatic heterocycles. The maximum Gasteiger partial charge on any atom is 0.330 e. The zero-order valence-corrected chi connectivity index (χ0v) is 48.1. The Hall–Kier alpha value is -5.12. The number of likely N-dealkylation sites (tertiary alicyclic amines) is 2. The highest BCUT2D eigenvalue weighted by Gasteiger charge is 2.70. The first kappa shape index (κ1) is 58.0. The number of anilines is 1. The Bertz CT molecular complexity index is 2870. The van der Waals surface area contributed by atoms with Crippen LogP contribution in [0.25, 0.3) is 20.9 Å². The van der Waals surface area contributed by atoms with Crippen molar-refractivity contribution in [2.75, 3.05) is 59.9 Å². The molecule has 4 aliphatic heterocycles. The standard InChI is InChI=1S/C25H37N8O6P.C21H32N5O6P.2CH4O/c1-13(2)20(34)29-24-28-19-16(21(35)30-24)27-12-32(19)22-17-18(25(7,38-22)23(36)31(17)9)39-40(37-11-10-26-8)33(14(3)4)15(5)6;1-12(2)26(13(3)4)33(30-10-9-22-7)32-16-15-18(31-21(16,6)19(28)24(15)8)25-11-14(5)17(27)23-20(25)29;2*1-2/h12-15,17-18,22H,10-11H2,1-7,9H3,(H2,28,29,30,34,35);11-13,15-16,18H,9-10H2,1-6,8H3,(H,23,27,29);2*2H,1H3/t17-,18+,22-,25-,40?;15-,16+,18-,21-,33?;;/m11../s1/i7D;6D;2*2T. The van der Waals surface area contributed by atoms with Gasteiger partial charge in [-0.15, -0.1) is 0 Å². The van der Waals surface area contributed by atoms with Crippen LogP contribution < -0.4 is 22.1 Å². The van der Waals surface area contributed by atoms with E-state index in [2.05, 4.69) is 45.2 Å². The van der Waals surface area contributed by atoms with Gasteiger partial charge in [0.2, 0.25) is 27.8 Å². The summed E-state index contributed by atoms with van der Waals surface area (Å²) in [6.45, 7) is 35.0. The molecule has 0 spiro atoms. The Morgan fingerprint density at radius 1 is 0.818 bits per heavy atom. The number of amides is 3. The highest BCUT2D eigenvalue weighted by Crippen LogP contribution is 2.57. The number of aliphatic hydroxyl groups excluding tert-OH is 2. The summed E-state index contributed by atoms with van der Waals surface area (Å²) in [5, 5.41) is 9.60. The number of rotatable bonds is 20. The Balaban J connectivity index is 0.000000322. The van der Waals surface area contributed by atoms with Gasteiger partial charge in [-0.1, -0.05) is 13.8 Å². The van der Waals surface area contributed by atoms with Gasteiger partial charge in [-0.2, -0.15) is 4.98 Å². The highest BCUT2D eigenvalue weighted by molar-refractivity contribution is 7.45. The van der Waals surface area contributed by atoms with E-state index in [9.17, 15) is 28.8 Å². The van der Waals surface area contributed by atoms with E-state index in [0.29, 0.717) is 5.56 Å². The Morgan fingerprint density at radius 2 is 1.26 bits per heavy atom. The molecule has 0 aliphatic carbocycles. The third-order valence-corrected chi connectivity index (χ3v) is 16.9. The summed E-state index contributed by atoms with van der Waals surface area (Å²) in [6.07, 6.45) is -0.862. The zero-order valence-electron chi connectivity index (χ0n) is 50.3. The summed E-state index contributed by atoms with van der Waals surface area (Å²) in [7, 11) is 2.32. The lowest BCUT2D eigenvalue weighted by molar-refractivity contribution is -0.171. The van der Waals surface area contributed by atoms with Crippen molar-refractivity contribution in [3.05, 3.63) is 72.1 Å². The summed E-state index contributed by atoms with van der Waals surface area (Å²) in [5.41, 5.74) is -4.51. The molecule has 10 atom stereocenters. The van der Waals surface area contributed by atoms with Crippen LogP contribution in [0.15, 0.2) is 26.9 Å². The first-order valence-corrected chi connectivity index (χ1v) is 27.0. The van der Waals surface area contributed by atoms with Crippen LogP contribution >= 0.6 is 17.1 Å². The largest absolute Gasteiger partial charge is 0.400 e. The van der Waals surface area contributed by atoms with Gasteiger partial charge in [0, 0.05) is 72.9 Å². The van der Waals surface area contributed by atoms with Gasteiger partial charge >= 0.3 is 5.69 Å². The van der Waals surface area contributed by atoms with Crippen molar-refractivity contribution >= 4 is 51.9 Å². The molecule has 4 saturated heterocycles. The number of likely N-dealkylation sites (N-methyl/N-ethyl adjacent to an activating group) is 2. The SMILES string of the molecule is [2H]C[C@@]12O[C@@H](n3cc(C)c(=O)[nH]c3=O)[C@@H]([C@@H]1OP(OCC[N+]#[C-])N(C(C)C)C(C)C)N(C)C2=O.[2H]C[C@@]12O[C@@H](n3cnc4c(=O)[nH]c(NC(=O)C(C)C)nc43)[C@@H]([C@@H]1OP(OCC[N+]#[C-])N(C(C)C)C(C)C)N(C)C2=O.[3H]OC.[3H]OC. The third-order valence-electron chi connectivity index (χ3n) is 12.6. The third kappa shape index (κ3) is 13.2. The molecule has 4 aliphatic rings. The smallest absolute Gasteiger partial charge is 0.330 e. The van der Waals surface area contributed by atoms with Gasteiger partial charge < -0.3 is 57.3 Å². The van der Waals surface area contributed by atoms with E-state index in [1.807, 2.05) is 64.7 Å². The summed E-state index contributed by atoms with van der Waals surface area (Å²) >= 11 is 0. The van der Waals surface area contributed by atoms with E-state index < -0.39 is 107 Å². The van der Waals surface area contributed by atoms with Crippen LogP contribution in [0.2, 0.25) is 0 Å². The number of hydrogen-bond acceptors (Lipinski definition) is 18. The number of nitrogens with one attached hydrogen (secondary N) is 3. The summed E-state index contributed by atoms with van der Waals surface area (Å²) in [5.74, 6) is -1.50. The van der Waals surface area contributed by atoms with Crippen molar-refractivity contribution in [2.24, 2.45) is 5.92 Å². The van der Waals surface area contributed by atoms with Crippen molar-refractivity contribution in [3.8, 4) is 0 Å². The molecule has 5 N–H and O–H groups in total. The van der Waals surface area contributed by atoms with E-state index in [4.69, 9.17) is 46.3 Å². The van der Waals surface area contributed by atoms with Gasteiger partial charge in [0.15, 0.2) is 34.8 Å². The highest BCUT2D eigenvalue weighted by atomic mass is 31.2. The number of aromatic amines is 2. The number of carbonyl (C=O) groups is 3. The number of carbonyl (C=O) groups excluding carboxylic acids is 3. The minimum Gasteiger partial charge on any atom is -0.400 e. The molecule has 3 amide bonds. The first-order chi connectivity index (χ1) is 38.2. The predicted molar refractivity (Wildman–Crippen MR) is 287 cm³/mol. The van der Waals surface area contributed by atoms with E-state index in [-0.39, 0.29) is 79.4 Å². The second-order valence-electron chi connectivity index (χ2n) is 19.6. The number of morpholine rings is 2. The van der Waals surface area contributed by atoms with Crippen LogP contribution in [0.4, 0.5) is 5.95 Å². The molecule has 4 fully saturated rings. The van der Waals surface area contributed by atoms with Crippen molar-refractivity contribution in [2.45, 2.75) is 162 Å². The fourth-order valence-electron chi connectivity index (χ4n) is 9.27. The summed E-state index contributed by atoms with van der Waals surface area (Å²) in [6, 6.07) is -1.30. The molecule has 0 radical (unpaired) electrons. The van der Waals surface area contributed by atoms with Gasteiger partial charge in [-0.05, 0) is 76.1 Å². The maximum absolute atomic E-state index is 13.5. The number of hydrogen-bond donors (Lipinski definition) is 5. The number of imidazole rings is 1. The average Bonchev–Trinajstić information content (AvgIpc) is 2.81. The van der Waals surface area contributed by atoms with Crippen molar-refractivity contribution < 1.29 is 54.9 Å². The number of aryl methyl sites for hydroxylation is 1. The van der Waals surface area contributed by atoms with Gasteiger partial charge in [0.1, 0.15) is 37.5 Å². The molecule has 4 bridgehead atoms. The van der Waals surface area contributed by atoms with Crippen molar-refractivity contribution in [3.63, 3.8) is 0 Å². The Labute approximate surface area is 456 Å². The second kappa shape index (κ2) is 27.2. The molecule has 2 unspecified atom stereocenters. The van der Waals surface area contributed by atoms with Gasteiger partial charge in [-0.25, -0.2) is 32.3 Å². The van der Waals surface area contributed by atoms with E-state index in [1.54, 1.807) is 34.9 Å². The van der Waals surface area contributed by atoms with E-state index in [1.165, 1.54) is 45.7 Å². The number of nitrogens with zero attached hydrogens (tertiary/aromatic N) is 10. The maximum atomic E-state index is 13.5. The number of ether oxygens (including phenoxy) is 2. The van der Waals surface area contributed by atoms with E-state index >= 15 is 0 Å². The van der Waals surface area contributed by atoms with Gasteiger partial charge in [0.05, 0.1) is 6.33 Å². The molecule has 7 heterocycles. The number of fused-ring (bicyclic) bond motifs is 5. The normalized spacial score (nSPS) is 25.8. The quantitative estimate of drug-likeness (QED) is 0.0616. The Kier molecular flexibility index (Phi) is 20.5. The first-order valence-electron chi connectivity index (χ1n) is 26.9. The number of H-pyrrole nitrogens is 2. The van der Waals surface area contributed by atoms with Crippen LogP contribution in [0.5, 0.6) is 0 Å². The number of aromatic nitrogens is 6. The lowest BCUT2D eigenvalue weighted by Crippen LogP contribution is -2.49. The molecule has 27 nitrogen and oxygen atoms in total. The second-order valence-corrected chi connectivity index (χ2v) is 22.4. The monoisotopic (exact) mass is 1130 g/mol. The minimum absolute atomic E-state index is 0.0261. The average molecular weight is 1130 g/mol. The van der Waals surface area contributed by atoms with E-state index in [0.717, 1.165) is 0 Å². The Morgan fingerprint density at radius 3 is 1.66 bits per heavy atom. The molecular formula is C48H77N13O14P2. The molecule has 428 valence electrons. The predicted octanol–water partition coefficient (Wildman–Crippen LogP) is 3.37. The van der Waals surface area contributed by atoms with Crippen LogP contribution in [0, 0.1) is 26.0 Å².